The zero-order valence-corrected chi connectivity index (χ0v) is 16.4. The molecule has 1 unspecified atom stereocenters. The van der Waals surface area contributed by atoms with Gasteiger partial charge in [0.1, 0.15) is 25.1 Å². The molecule has 1 aliphatic rings. The minimum absolute atomic E-state index is 0.271. The Labute approximate surface area is 146 Å². The first-order chi connectivity index (χ1) is 11.3. The summed E-state index contributed by atoms with van der Waals surface area (Å²) < 4.78 is 2.12. The molecular weight excluding hydrogens is 308 g/mol. The smallest absolute Gasteiger partial charge is 0.138 e. The molecule has 124 valence electrons. The van der Waals surface area contributed by atoms with Gasteiger partial charge in [0.15, 0.2) is 0 Å². The second kappa shape index (κ2) is 6.11. The van der Waals surface area contributed by atoms with E-state index in [0.29, 0.717) is 0 Å². The van der Waals surface area contributed by atoms with E-state index in [-0.39, 0.29) is 5.41 Å². The maximum absolute atomic E-state index is 4.87. The van der Waals surface area contributed by atoms with Gasteiger partial charge >= 0.3 is 0 Å². The van der Waals surface area contributed by atoms with Gasteiger partial charge in [0, 0.05) is 6.20 Å². The molecule has 0 aliphatic heterocycles. The zero-order chi connectivity index (χ0) is 17.4. The molecule has 3 rings (SSSR count). The number of hydrogen-bond donors (Lipinski definition) is 0. The lowest BCUT2D eigenvalue weighted by molar-refractivity contribution is 0.414. The van der Waals surface area contributed by atoms with Crippen LogP contribution in [-0.4, -0.2) is 17.5 Å². The SMILES string of the molecule is CCC1(C)C=CC(c2nc3ccccn3c2C#C[Si](C)(C)C)=CC1. The molecule has 2 heterocycles. The second-order valence-electron chi connectivity index (χ2n) is 7.94. The lowest BCUT2D eigenvalue weighted by Crippen LogP contribution is -2.16. The molecule has 2 aromatic rings. The van der Waals surface area contributed by atoms with Crippen LogP contribution in [0.3, 0.4) is 0 Å². The van der Waals surface area contributed by atoms with E-state index in [4.69, 9.17) is 4.98 Å². The maximum atomic E-state index is 4.87. The number of fused-ring (bicyclic) bond motifs is 1. The van der Waals surface area contributed by atoms with Crippen LogP contribution in [0.2, 0.25) is 19.6 Å². The fourth-order valence-electron chi connectivity index (χ4n) is 2.77. The van der Waals surface area contributed by atoms with Gasteiger partial charge in [0.2, 0.25) is 0 Å². The van der Waals surface area contributed by atoms with Crippen LogP contribution < -0.4 is 0 Å². The van der Waals surface area contributed by atoms with Crippen LogP contribution in [0.1, 0.15) is 38.1 Å². The predicted octanol–water partition coefficient (Wildman–Crippen LogP) is 5.32. The molecule has 0 saturated heterocycles. The second-order valence-corrected chi connectivity index (χ2v) is 12.7. The minimum Gasteiger partial charge on any atom is -0.292 e. The first kappa shape index (κ1) is 16.8. The molecule has 0 fully saturated rings. The van der Waals surface area contributed by atoms with Crippen molar-refractivity contribution < 1.29 is 0 Å². The van der Waals surface area contributed by atoms with Crippen molar-refractivity contribution in [3.63, 3.8) is 0 Å². The van der Waals surface area contributed by atoms with E-state index in [1.807, 2.05) is 18.2 Å². The fourth-order valence-corrected chi connectivity index (χ4v) is 3.26. The van der Waals surface area contributed by atoms with Crippen molar-refractivity contribution in [1.29, 1.82) is 0 Å². The van der Waals surface area contributed by atoms with Gasteiger partial charge in [-0.15, -0.1) is 5.54 Å². The zero-order valence-electron chi connectivity index (χ0n) is 15.4. The lowest BCUT2D eigenvalue weighted by atomic mass is 9.79. The molecule has 3 heteroatoms. The molecule has 0 spiro atoms. The quantitative estimate of drug-likeness (QED) is 0.536. The van der Waals surface area contributed by atoms with Gasteiger partial charge in [-0.1, -0.05) is 63.7 Å². The van der Waals surface area contributed by atoms with Crippen LogP contribution in [0.25, 0.3) is 11.2 Å². The number of aromatic nitrogens is 2. The number of rotatable bonds is 2. The first-order valence-corrected chi connectivity index (χ1v) is 12.2. The number of hydrogen-bond acceptors (Lipinski definition) is 1. The highest BCUT2D eigenvalue weighted by molar-refractivity contribution is 6.83. The van der Waals surface area contributed by atoms with E-state index in [2.05, 4.69) is 73.8 Å². The van der Waals surface area contributed by atoms with Crippen molar-refractivity contribution >= 4 is 19.3 Å². The van der Waals surface area contributed by atoms with Gasteiger partial charge in [-0.05, 0) is 36.0 Å². The van der Waals surface area contributed by atoms with Crippen molar-refractivity contribution in [2.24, 2.45) is 5.41 Å². The van der Waals surface area contributed by atoms with Gasteiger partial charge in [-0.2, -0.15) is 0 Å². The van der Waals surface area contributed by atoms with E-state index in [9.17, 15) is 0 Å². The van der Waals surface area contributed by atoms with E-state index >= 15 is 0 Å². The Bertz CT molecular complexity index is 884. The van der Waals surface area contributed by atoms with Gasteiger partial charge in [-0.3, -0.25) is 4.40 Å². The van der Waals surface area contributed by atoms with Crippen molar-refractivity contribution in [3.8, 4) is 11.5 Å². The highest BCUT2D eigenvalue weighted by Gasteiger charge is 2.23. The summed E-state index contributed by atoms with van der Waals surface area (Å²) in [6.07, 6.45) is 11.2. The molecule has 1 atom stereocenters. The summed E-state index contributed by atoms with van der Waals surface area (Å²) in [4.78, 5) is 4.87. The average Bonchev–Trinajstić information content (AvgIpc) is 2.91. The summed E-state index contributed by atoms with van der Waals surface area (Å²) >= 11 is 0. The molecule has 0 bridgehead atoms. The van der Waals surface area contributed by atoms with Crippen molar-refractivity contribution in [1.82, 2.24) is 9.38 Å². The Kier molecular flexibility index (Phi) is 4.27. The van der Waals surface area contributed by atoms with E-state index < -0.39 is 8.07 Å². The summed E-state index contributed by atoms with van der Waals surface area (Å²) in [6, 6.07) is 6.12. The Morgan fingerprint density at radius 3 is 2.71 bits per heavy atom. The normalized spacial score (nSPS) is 20.6. The summed E-state index contributed by atoms with van der Waals surface area (Å²) in [5.74, 6) is 3.45. The van der Waals surface area contributed by atoms with Gasteiger partial charge in [0.25, 0.3) is 0 Å². The van der Waals surface area contributed by atoms with Crippen LogP contribution >= 0.6 is 0 Å². The Morgan fingerprint density at radius 2 is 2.08 bits per heavy atom. The molecular formula is C21H26N2Si. The minimum atomic E-state index is -1.44. The van der Waals surface area contributed by atoms with Crippen LogP contribution in [0.5, 0.6) is 0 Å². The highest BCUT2D eigenvalue weighted by Crippen LogP contribution is 2.35. The van der Waals surface area contributed by atoms with E-state index in [0.717, 1.165) is 29.9 Å². The molecule has 0 N–H and O–H groups in total. The molecule has 0 radical (unpaired) electrons. The van der Waals surface area contributed by atoms with Crippen LogP contribution in [0.4, 0.5) is 0 Å². The molecule has 0 aromatic carbocycles. The number of nitrogens with zero attached hydrogens (tertiary/aromatic N) is 2. The summed E-state index contributed by atoms with van der Waals surface area (Å²) in [7, 11) is -1.44. The third-order valence-corrected chi connectivity index (χ3v) is 5.50. The Balaban J connectivity index is 2.11. The molecule has 2 nitrogen and oxygen atoms in total. The van der Waals surface area contributed by atoms with Crippen molar-refractivity contribution in [2.45, 2.75) is 46.3 Å². The maximum Gasteiger partial charge on any atom is 0.138 e. The van der Waals surface area contributed by atoms with Gasteiger partial charge < -0.3 is 0 Å². The Hall–Kier alpha value is -2.05. The summed E-state index contributed by atoms with van der Waals surface area (Å²) in [5.41, 5.74) is 7.97. The first-order valence-electron chi connectivity index (χ1n) is 8.71. The molecule has 0 amide bonds. The van der Waals surface area contributed by atoms with Crippen LogP contribution in [-0.2, 0) is 0 Å². The van der Waals surface area contributed by atoms with Gasteiger partial charge in [0.05, 0.1) is 0 Å². The van der Waals surface area contributed by atoms with E-state index in [1.54, 1.807) is 0 Å². The fraction of sp³-hybridized carbons (Fsp3) is 0.381. The number of allylic oxidation sites excluding steroid dienone is 4. The Morgan fingerprint density at radius 1 is 1.29 bits per heavy atom. The van der Waals surface area contributed by atoms with Gasteiger partial charge in [-0.25, -0.2) is 4.98 Å². The lowest BCUT2D eigenvalue weighted by Gasteiger charge is -2.26. The number of imidazole rings is 1. The third-order valence-electron chi connectivity index (χ3n) is 4.62. The van der Waals surface area contributed by atoms with Crippen molar-refractivity contribution in [2.75, 3.05) is 0 Å². The summed E-state index contributed by atoms with van der Waals surface area (Å²) in [6.45, 7) is 11.4. The highest BCUT2D eigenvalue weighted by atomic mass is 28.3. The predicted molar refractivity (Wildman–Crippen MR) is 106 cm³/mol. The molecule has 1 aliphatic carbocycles. The van der Waals surface area contributed by atoms with E-state index in [1.165, 1.54) is 5.57 Å². The van der Waals surface area contributed by atoms with Crippen molar-refractivity contribution in [3.05, 3.63) is 54.0 Å². The largest absolute Gasteiger partial charge is 0.292 e. The molecule has 0 saturated carbocycles. The summed E-state index contributed by atoms with van der Waals surface area (Å²) in [5, 5.41) is 0. The third kappa shape index (κ3) is 3.39. The molecule has 24 heavy (non-hydrogen) atoms. The standard InChI is InChI=1S/C21H26N2Si/c1-6-21(2)13-10-17(11-14-21)20-18(12-16-24(3,4)5)23-15-8-7-9-19(23)22-20/h7-11,13,15H,6,14H2,1-5H3. The number of pyridine rings is 1. The van der Waals surface area contributed by atoms with Crippen LogP contribution in [0, 0.1) is 16.9 Å². The van der Waals surface area contributed by atoms with Crippen LogP contribution in [0.15, 0.2) is 42.6 Å². The monoisotopic (exact) mass is 334 g/mol. The topological polar surface area (TPSA) is 17.3 Å². The molecule has 2 aromatic heterocycles. The average molecular weight is 335 g/mol.